The van der Waals surface area contributed by atoms with Gasteiger partial charge < -0.3 is 14.6 Å². The molecule has 1 aromatic heterocycles. The summed E-state index contributed by atoms with van der Waals surface area (Å²) >= 11 is 0. The highest BCUT2D eigenvalue weighted by atomic mass is 16.5. The normalized spacial score (nSPS) is 12.5. The molecule has 0 aliphatic heterocycles. The average molecular weight is 358 g/mol. The number of nitrogens with one attached hydrogen (secondary N) is 1. The zero-order valence-electron chi connectivity index (χ0n) is 16.3. The van der Waals surface area contributed by atoms with Crippen molar-refractivity contribution in [3.05, 3.63) is 71.5 Å². The Balaban J connectivity index is 1.83. The lowest BCUT2D eigenvalue weighted by Gasteiger charge is -2.11. The van der Waals surface area contributed by atoms with Crippen LogP contribution in [0.1, 0.15) is 19.4 Å². The summed E-state index contributed by atoms with van der Waals surface area (Å²) in [6.45, 7) is 6.53. The van der Waals surface area contributed by atoms with E-state index < -0.39 is 0 Å². The molecule has 3 aromatic rings. The predicted octanol–water partition coefficient (Wildman–Crippen LogP) is 5.01. The van der Waals surface area contributed by atoms with Crippen molar-refractivity contribution in [2.75, 3.05) is 13.7 Å². The summed E-state index contributed by atoms with van der Waals surface area (Å²) in [5.41, 5.74) is 4.80. The van der Waals surface area contributed by atoms with Crippen LogP contribution in [0.3, 0.4) is 0 Å². The molecule has 3 rings (SSSR count). The van der Waals surface area contributed by atoms with Gasteiger partial charge in [0.05, 0.1) is 7.11 Å². The van der Waals surface area contributed by atoms with Crippen LogP contribution >= 0.6 is 0 Å². The topological polar surface area (TPSA) is 26.2 Å². The minimum Gasteiger partial charge on any atom is -0.497 e. The summed E-state index contributed by atoms with van der Waals surface area (Å²) in [5.74, 6) is 3.40. The van der Waals surface area contributed by atoms with Gasteiger partial charge in [-0.1, -0.05) is 30.2 Å². The molecule has 27 heavy (non-hydrogen) atoms. The standard InChI is InChI=1S/C24H26N2O/c1-5-10-19(24(6-2)27-4)17-25-16-18-13-14-23-21(15-18)20-11-8-9-12-22(20)26(23)7-3/h1,6,8-15,25H,7,16-17H2,2-4H3/b19-10-,24-6+. The fourth-order valence-corrected chi connectivity index (χ4v) is 3.64. The van der Waals surface area contributed by atoms with Gasteiger partial charge in [0.1, 0.15) is 5.76 Å². The van der Waals surface area contributed by atoms with Gasteiger partial charge >= 0.3 is 0 Å². The summed E-state index contributed by atoms with van der Waals surface area (Å²) in [4.78, 5) is 0. The number of fused-ring (bicyclic) bond motifs is 3. The highest BCUT2D eigenvalue weighted by molar-refractivity contribution is 6.08. The molecule has 3 nitrogen and oxygen atoms in total. The highest BCUT2D eigenvalue weighted by Crippen LogP contribution is 2.29. The van der Waals surface area contributed by atoms with Crippen LogP contribution in [0.2, 0.25) is 0 Å². The minimum atomic E-state index is 0.659. The number of terminal acetylenes is 1. The fraction of sp³-hybridized carbons (Fsp3) is 0.250. The van der Waals surface area contributed by atoms with Crippen LogP contribution in [0.15, 0.2) is 65.9 Å². The molecule has 0 amide bonds. The van der Waals surface area contributed by atoms with Crippen LogP contribution in [0.5, 0.6) is 0 Å². The lowest BCUT2D eigenvalue weighted by molar-refractivity contribution is 0.298. The van der Waals surface area contributed by atoms with Gasteiger partial charge in [-0.3, -0.25) is 0 Å². The van der Waals surface area contributed by atoms with Gasteiger partial charge in [-0.2, -0.15) is 0 Å². The molecule has 0 saturated carbocycles. The second-order valence-corrected chi connectivity index (χ2v) is 6.41. The lowest BCUT2D eigenvalue weighted by atomic mass is 10.1. The van der Waals surface area contributed by atoms with E-state index >= 15 is 0 Å². The first-order valence-corrected chi connectivity index (χ1v) is 9.29. The molecule has 0 bridgehead atoms. The average Bonchev–Trinajstić information content (AvgIpc) is 3.02. The Kier molecular flexibility index (Phi) is 6.01. The van der Waals surface area contributed by atoms with Crippen molar-refractivity contribution in [2.24, 2.45) is 0 Å². The second kappa shape index (κ2) is 8.62. The first-order valence-electron chi connectivity index (χ1n) is 9.29. The van der Waals surface area contributed by atoms with Crippen LogP contribution in [0, 0.1) is 12.3 Å². The number of aryl methyl sites for hydroxylation is 1. The quantitative estimate of drug-likeness (QED) is 0.365. The van der Waals surface area contributed by atoms with Crippen LogP contribution in [-0.4, -0.2) is 18.2 Å². The Morgan fingerprint density at radius 2 is 1.96 bits per heavy atom. The fourth-order valence-electron chi connectivity index (χ4n) is 3.64. The molecular weight excluding hydrogens is 332 g/mol. The molecule has 2 aromatic carbocycles. The van der Waals surface area contributed by atoms with Gasteiger partial charge in [-0.25, -0.2) is 0 Å². The van der Waals surface area contributed by atoms with Crippen molar-refractivity contribution in [1.29, 1.82) is 0 Å². The number of nitrogens with zero attached hydrogens (tertiary/aromatic N) is 1. The molecule has 0 aliphatic rings. The van der Waals surface area contributed by atoms with E-state index in [2.05, 4.69) is 65.2 Å². The Morgan fingerprint density at radius 1 is 1.19 bits per heavy atom. The van der Waals surface area contributed by atoms with E-state index in [9.17, 15) is 0 Å². The van der Waals surface area contributed by atoms with Crippen molar-refractivity contribution < 1.29 is 4.74 Å². The predicted molar refractivity (Wildman–Crippen MR) is 115 cm³/mol. The molecule has 0 saturated heterocycles. The SMILES string of the molecule is C#C/C=C(CNCc1ccc2c(c1)c1ccccc1n2CC)\C(=C/C)OC. The number of hydrogen-bond acceptors (Lipinski definition) is 2. The number of hydrogen-bond donors (Lipinski definition) is 1. The van der Waals surface area contributed by atoms with E-state index in [0.717, 1.165) is 24.4 Å². The van der Waals surface area contributed by atoms with Crippen molar-refractivity contribution in [1.82, 2.24) is 9.88 Å². The van der Waals surface area contributed by atoms with Gasteiger partial charge in [0.15, 0.2) is 0 Å². The number of para-hydroxylation sites is 1. The molecule has 1 heterocycles. The number of methoxy groups -OCH3 is 1. The van der Waals surface area contributed by atoms with Gasteiger partial charge in [0.2, 0.25) is 0 Å². The molecule has 0 aliphatic carbocycles. The summed E-state index contributed by atoms with van der Waals surface area (Å²) in [5, 5.41) is 6.09. The second-order valence-electron chi connectivity index (χ2n) is 6.41. The number of aromatic nitrogens is 1. The van der Waals surface area contributed by atoms with E-state index in [1.165, 1.54) is 27.4 Å². The molecule has 1 N–H and O–H groups in total. The maximum atomic E-state index is 5.45. The number of allylic oxidation sites excluding steroid dienone is 2. The summed E-state index contributed by atoms with van der Waals surface area (Å²) in [6.07, 6.45) is 9.13. The third kappa shape index (κ3) is 3.77. The van der Waals surface area contributed by atoms with E-state index in [0.29, 0.717) is 6.54 Å². The van der Waals surface area contributed by atoms with Gasteiger partial charge in [0.25, 0.3) is 0 Å². The molecule has 0 radical (unpaired) electrons. The third-order valence-corrected chi connectivity index (χ3v) is 4.85. The van der Waals surface area contributed by atoms with Gasteiger partial charge in [-0.15, -0.1) is 6.42 Å². The number of benzene rings is 2. The number of rotatable bonds is 7. The van der Waals surface area contributed by atoms with Crippen LogP contribution in [0.25, 0.3) is 21.8 Å². The lowest BCUT2D eigenvalue weighted by Crippen LogP contribution is -2.18. The molecule has 3 heteroatoms. The highest BCUT2D eigenvalue weighted by Gasteiger charge is 2.10. The Labute approximate surface area is 161 Å². The van der Waals surface area contributed by atoms with Crippen LogP contribution in [-0.2, 0) is 17.8 Å². The number of ether oxygens (including phenoxy) is 1. The van der Waals surface area contributed by atoms with Crippen LogP contribution < -0.4 is 5.32 Å². The van der Waals surface area contributed by atoms with Crippen molar-refractivity contribution >= 4 is 21.8 Å². The molecule has 0 atom stereocenters. The van der Waals surface area contributed by atoms with Crippen LogP contribution in [0.4, 0.5) is 0 Å². The van der Waals surface area contributed by atoms with E-state index in [4.69, 9.17) is 11.2 Å². The molecule has 0 fully saturated rings. The largest absolute Gasteiger partial charge is 0.497 e. The molecule has 0 spiro atoms. The van der Waals surface area contributed by atoms with Crippen molar-refractivity contribution in [3.8, 4) is 12.3 Å². The summed E-state index contributed by atoms with van der Waals surface area (Å²) < 4.78 is 7.76. The Morgan fingerprint density at radius 3 is 2.67 bits per heavy atom. The van der Waals surface area contributed by atoms with Gasteiger partial charge in [-0.05, 0) is 49.8 Å². The first kappa shape index (κ1) is 18.8. The minimum absolute atomic E-state index is 0.659. The summed E-state index contributed by atoms with van der Waals surface area (Å²) in [7, 11) is 1.66. The van der Waals surface area contributed by atoms with Crippen molar-refractivity contribution in [2.45, 2.75) is 26.9 Å². The maximum absolute atomic E-state index is 5.45. The van der Waals surface area contributed by atoms with Crippen molar-refractivity contribution in [3.63, 3.8) is 0 Å². The third-order valence-electron chi connectivity index (χ3n) is 4.85. The zero-order valence-corrected chi connectivity index (χ0v) is 16.3. The maximum Gasteiger partial charge on any atom is 0.119 e. The molecular formula is C24H26N2O. The van der Waals surface area contributed by atoms with E-state index in [-0.39, 0.29) is 0 Å². The zero-order chi connectivity index (χ0) is 19.2. The van der Waals surface area contributed by atoms with E-state index in [1.54, 1.807) is 13.2 Å². The Bertz CT molecular complexity index is 1050. The molecule has 0 unspecified atom stereocenters. The smallest absolute Gasteiger partial charge is 0.119 e. The monoisotopic (exact) mass is 358 g/mol. The Hall–Kier alpha value is -2.96. The summed E-state index contributed by atoms with van der Waals surface area (Å²) in [6, 6.07) is 15.3. The molecule has 138 valence electrons. The first-order chi connectivity index (χ1) is 13.2. The van der Waals surface area contributed by atoms with Gasteiger partial charge in [0, 0.05) is 47.0 Å². The van der Waals surface area contributed by atoms with E-state index in [1.807, 2.05) is 13.0 Å².